The Hall–Kier alpha value is -1.28. The molecule has 0 heterocycles. The molecule has 1 fully saturated rings. The summed E-state index contributed by atoms with van der Waals surface area (Å²) in [6.45, 7) is 3.63. The van der Waals surface area contributed by atoms with Crippen LogP contribution in [0.1, 0.15) is 57.4 Å². The number of ether oxygens (including phenoxy) is 2. The molecular formula is C21H27ClNNaO6. The zero-order chi connectivity index (χ0) is 21.4. The molecule has 160 valence electrons. The van der Waals surface area contributed by atoms with Crippen LogP contribution in [0.5, 0.6) is 0 Å². The van der Waals surface area contributed by atoms with E-state index < -0.39 is 24.3 Å². The molecule has 0 radical (unpaired) electrons. The summed E-state index contributed by atoms with van der Waals surface area (Å²) in [5, 5.41) is 14.4. The number of benzene rings is 1. The van der Waals surface area contributed by atoms with Gasteiger partial charge in [-0.05, 0) is 37.0 Å². The van der Waals surface area contributed by atoms with Crippen molar-refractivity contribution in [3.63, 3.8) is 0 Å². The van der Waals surface area contributed by atoms with E-state index in [9.17, 15) is 19.5 Å². The van der Waals surface area contributed by atoms with E-state index in [2.05, 4.69) is 5.32 Å². The topological polar surface area (TPSA) is 105 Å². The molecule has 1 aliphatic rings. The van der Waals surface area contributed by atoms with Crippen LogP contribution in [0.4, 0.5) is 4.79 Å². The van der Waals surface area contributed by atoms with E-state index in [4.69, 9.17) is 21.1 Å². The fourth-order valence-corrected chi connectivity index (χ4v) is 3.38. The van der Waals surface area contributed by atoms with Crippen molar-refractivity contribution < 1.29 is 58.5 Å². The molecule has 0 bridgehead atoms. The largest absolute Gasteiger partial charge is 1.00 e. The van der Waals surface area contributed by atoms with Crippen LogP contribution in [0.15, 0.2) is 24.3 Å². The van der Waals surface area contributed by atoms with Gasteiger partial charge < -0.3 is 24.7 Å². The molecule has 1 N–H and O–H groups in total. The standard InChI is InChI=1S/C21H28ClNO6.Na/c1-13(2)20(28-19(26)15-5-3-4-6-15)29-21(27)23-12-11-17(18(24)25)14-7-9-16(22)10-8-14;/h7-10,13,15,17,20H,3-6,11-12H2,1-2H3,(H,23,27)(H,24,25);/q;+1/p-1. The number of hydrogen-bond acceptors (Lipinski definition) is 6. The molecule has 1 saturated carbocycles. The van der Waals surface area contributed by atoms with Gasteiger partial charge in [0.05, 0.1) is 5.92 Å². The van der Waals surface area contributed by atoms with Crippen molar-refractivity contribution in [2.75, 3.05) is 6.54 Å². The second-order valence-electron chi connectivity index (χ2n) is 7.57. The van der Waals surface area contributed by atoms with Gasteiger partial charge in [0.2, 0.25) is 0 Å². The smallest absolute Gasteiger partial charge is 0.549 e. The van der Waals surface area contributed by atoms with E-state index in [0.29, 0.717) is 10.6 Å². The number of halogens is 1. The average molecular weight is 448 g/mol. The molecule has 1 aromatic rings. The van der Waals surface area contributed by atoms with Crippen molar-refractivity contribution in [2.45, 2.75) is 58.2 Å². The van der Waals surface area contributed by atoms with Crippen molar-refractivity contribution in [3.8, 4) is 0 Å². The number of carboxylic acid groups (broad SMARTS) is 1. The summed E-state index contributed by atoms with van der Waals surface area (Å²) < 4.78 is 10.6. The van der Waals surface area contributed by atoms with Crippen LogP contribution < -0.4 is 40.0 Å². The Balaban J connectivity index is 0.00000450. The molecule has 0 aliphatic heterocycles. The molecule has 7 nitrogen and oxygen atoms in total. The fourth-order valence-electron chi connectivity index (χ4n) is 3.25. The number of carbonyl (C=O) groups is 3. The van der Waals surface area contributed by atoms with E-state index in [-0.39, 0.29) is 60.3 Å². The van der Waals surface area contributed by atoms with Gasteiger partial charge >= 0.3 is 41.6 Å². The number of esters is 1. The predicted molar refractivity (Wildman–Crippen MR) is 105 cm³/mol. The van der Waals surface area contributed by atoms with Crippen molar-refractivity contribution >= 4 is 29.6 Å². The minimum Gasteiger partial charge on any atom is -0.549 e. The van der Waals surface area contributed by atoms with Crippen LogP contribution >= 0.6 is 11.6 Å². The maximum atomic E-state index is 12.2. The van der Waals surface area contributed by atoms with Gasteiger partial charge in [-0.3, -0.25) is 4.79 Å². The first-order valence-corrected chi connectivity index (χ1v) is 10.3. The second kappa shape index (κ2) is 13.2. The first-order chi connectivity index (χ1) is 13.8. The molecule has 1 amide bonds. The molecule has 9 heteroatoms. The summed E-state index contributed by atoms with van der Waals surface area (Å²) in [4.78, 5) is 35.7. The molecule has 2 rings (SSSR count). The summed E-state index contributed by atoms with van der Waals surface area (Å²) in [5.41, 5.74) is 0.537. The van der Waals surface area contributed by atoms with Gasteiger partial charge in [0.1, 0.15) is 0 Å². The number of rotatable bonds is 9. The van der Waals surface area contributed by atoms with Crippen LogP contribution in [0, 0.1) is 11.8 Å². The summed E-state index contributed by atoms with van der Waals surface area (Å²) in [7, 11) is 0. The first kappa shape index (κ1) is 26.8. The maximum Gasteiger partial charge on any atom is 1.00 e. The number of hydrogen-bond donors (Lipinski definition) is 1. The van der Waals surface area contributed by atoms with E-state index in [0.717, 1.165) is 25.7 Å². The second-order valence-corrected chi connectivity index (χ2v) is 8.01. The SMILES string of the molecule is CC(C)C(OC(=O)NCCC(C(=O)[O-])c1ccc(Cl)cc1)OC(=O)C1CCCC1.[Na+]. The molecule has 30 heavy (non-hydrogen) atoms. The average Bonchev–Trinajstić information content (AvgIpc) is 3.20. The van der Waals surface area contributed by atoms with E-state index in [1.807, 2.05) is 0 Å². The van der Waals surface area contributed by atoms with Crippen molar-refractivity contribution in [1.82, 2.24) is 5.32 Å². The van der Waals surface area contributed by atoms with Gasteiger partial charge in [-0.15, -0.1) is 0 Å². The molecule has 0 aromatic heterocycles. The third-order valence-electron chi connectivity index (χ3n) is 4.95. The van der Waals surface area contributed by atoms with Gasteiger partial charge in [-0.25, -0.2) is 4.79 Å². The Morgan fingerprint density at radius 1 is 1.13 bits per heavy atom. The zero-order valence-electron chi connectivity index (χ0n) is 17.7. The summed E-state index contributed by atoms with van der Waals surface area (Å²) in [6.07, 6.45) is 1.96. The molecule has 2 atom stereocenters. The summed E-state index contributed by atoms with van der Waals surface area (Å²) in [5.74, 6) is -2.82. The molecule has 1 aromatic carbocycles. The Labute approximate surface area is 204 Å². The first-order valence-electron chi connectivity index (χ1n) is 9.89. The minimum absolute atomic E-state index is 0. The van der Waals surface area contributed by atoms with E-state index >= 15 is 0 Å². The summed E-state index contributed by atoms with van der Waals surface area (Å²) in [6, 6.07) is 6.41. The van der Waals surface area contributed by atoms with Crippen LogP contribution in [-0.4, -0.2) is 30.9 Å². The van der Waals surface area contributed by atoms with Gasteiger partial charge in [0, 0.05) is 29.4 Å². The number of carboxylic acids is 1. The van der Waals surface area contributed by atoms with Crippen LogP contribution in [-0.2, 0) is 19.1 Å². The van der Waals surface area contributed by atoms with Crippen molar-refractivity contribution in [2.24, 2.45) is 11.8 Å². The quantitative estimate of drug-likeness (QED) is 0.325. The predicted octanol–water partition coefficient (Wildman–Crippen LogP) is 0.00930. The van der Waals surface area contributed by atoms with Crippen LogP contribution in [0.2, 0.25) is 5.02 Å². The normalized spacial score (nSPS) is 15.7. The van der Waals surface area contributed by atoms with Gasteiger partial charge in [-0.2, -0.15) is 0 Å². The minimum atomic E-state index is -1.24. The Morgan fingerprint density at radius 3 is 2.27 bits per heavy atom. The molecule has 0 saturated heterocycles. The number of alkyl carbamates (subject to hydrolysis) is 1. The fraction of sp³-hybridized carbons (Fsp3) is 0.571. The third kappa shape index (κ3) is 8.46. The number of carbonyl (C=O) groups excluding carboxylic acids is 3. The van der Waals surface area contributed by atoms with Gasteiger partial charge in [0.25, 0.3) is 6.29 Å². The number of aliphatic carboxylic acids is 1. The van der Waals surface area contributed by atoms with Gasteiger partial charge in [0.15, 0.2) is 0 Å². The molecule has 1 aliphatic carbocycles. The van der Waals surface area contributed by atoms with Crippen LogP contribution in [0.25, 0.3) is 0 Å². The number of nitrogens with one attached hydrogen (secondary N) is 1. The Bertz CT molecular complexity index is 706. The van der Waals surface area contributed by atoms with Gasteiger partial charge in [-0.1, -0.05) is 50.4 Å². The van der Waals surface area contributed by atoms with Crippen molar-refractivity contribution in [3.05, 3.63) is 34.9 Å². The Morgan fingerprint density at radius 2 is 1.73 bits per heavy atom. The van der Waals surface area contributed by atoms with E-state index in [1.54, 1.807) is 38.1 Å². The van der Waals surface area contributed by atoms with Crippen LogP contribution in [0.3, 0.4) is 0 Å². The maximum absolute atomic E-state index is 12.2. The Kier molecular flexibility index (Phi) is 11.8. The molecule has 2 unspecified atom stereocenters. The molecular weight excluding hydrogens is 421 g/mol. The summed E-state index contributed by atoms with van der Waals surface area (Å²) >= 11 is 5.82. The zero-order valence-corrected chi connectivity index (χ0v) is 20.4. The third-order valence-corrected chi connectivity index (χ3v) is 5.20. The molecule has 0 spiro atoms. The van der Waals surface area contributed by atoms with E-state index in [1.165, 1.54) is 0 Å². The monoisotopic (exact) mass is 447 g/mol. The number of amides is 1. The van der Waals surface area contributed by atoms with Crippen molar-refractivity contribution in [1.29, 1.82) is 0 Å².